The highest BCUT2D eigenvalue weighted by atomic mass is 19.1. The van der Waals surface area contributed by atoms with Crippen molar-refractivity contribution in [3.05, 3.63) is 55.7 Å². The van der Waals surface area contributed by atoms with E-state index in [4.69, 9.17) is 0 Å². The van der Waals surface area contributed by atoms with Crippen molar-refractivity contribution in [2.24, 2.45) is 123 Å². The standard InChI is InChI=1S/C24H37N3O.C23H34FN3O2.C23H36N4O/c1-16(13-27-15-25-14-26-27)21-6-7-22-20-5-4-17-12-23(2,28)10-8-18(17)19(20)9-11-24(21,22)3;1-22(29)7-5-15-14-6-8-23(2)18(16(14)11-20(24)17(15)12-22)3-4-19(23)21(28)13-27-25-9-10-26-27;1-15(13-27-14-24-25-26-27)20-6-7-21-19-5-4-16-12-22(2,28)10-8-17(16)18(19)9-11-23(20,21)3/h14-15,17-22,28H,1,4-13H2,2-3H3;9-10,14-20,29H,3-8,11-13H2,1-2H3;14,16-21,28H,1,4-13H2,2-3H3/t17-,18-,19+,20+,21+,22-,23+,24+;14-,15-,16-,17-,18+,19-,20-,22-,23+;16-,17-,18+,19+,20+,21-,22+,23+/m010/s1. The van der Waals surface area contributed by atoms with Crippen LogP contribution < -0.4 is 0 Å². The van der Waals surface area contributed by atoms with Crippen molar-refractivity contribution in [3.8, 4) is 0 Å². The minimum atomic E-state index is -0.807. The Morgan fingerprint density at radius 1 is 0.494 bits per heavy atom. The molecule has 25 atom stereocenters. The zero-order valence-corrected chi connectivity index (χ0v) is 52.9. The minimum absolute atomic E-state index is 0.0158. The van der Waals surface area contributed by atoms with Crippen LogP contribution in [0.1, 0.15) is 208 Å². The fourth-order valence-electron chi connectivity index (χ4n) is 24.8. The average molecular weight is 1170 g/mol. The zero-order valence-electron chi connectivity index (χ0n) is 52.9. The first-order valence-corrected chi connectivity index (χ1v) is 34.6. The summed E-state index contributed by atoms with van der Waals surface area (Å²) in [7, 11) is 0. The number of tetrazole rings is 1. The first-order valence-electron chi connectivity index (χ1n) is 34.6. The molecule has 85 heavy (non-hydrogen) atoms. The van der Waals surface area contributed by atoms with Crippen LogP contribution in [0.4, 0.5) is 4.39 Å². The number of carbonyl (C=O) groups excluding carboxylic acids is 1. The van der Waals surface area contributed by atoms with Gasteiger partial charge in [0.05, 0.1) is 42.3 Å². The molecule has 12 saturated carbocycles. The van der Waals surface area contributed by atoms with Crippen molar-refractivity contribution in [1.29, 1.82) is 0 Å². The van der Waals surface area contributed by atoms with Crippen LogP contribution in [0.25, 0.3) is 0 Å². The van der Waals surface area contributed by atoms with Crippen molar-refractivity contribution in [2.75, 3.05) is 0 Å². The van der Waals surface area contributed by atoms with E-state index in [0.29, 0.717) is 59.2 Å². The maximum absolute atomic E-state index is 15.3. The number of ketones is 1. The van der Waals surface area contributed by atoms with E-state index >= 15 is 4.39 Å². The number of nitrogens with zero attached hydrogens (tertiary/aromatic N) is 10. The largest absolute Gasteiger partial charge is 0.390 e. The van der Waals surface area contributed by atoms with Crippen LogP contribution in [0.3, 0.4) is 0 Å². The Kier molecular flexibility index (Phi) is 16.3. The Morgan fingerprint density at radius 2 is 0.953 bits per heavy atom. The van der Waals surface area contributed by atoms with Gasteiger partial charge in [-0.25, -0.2) is 18.7 Å². The molecular formula is C70H107FN10O4. The number of alkyl halides is 1. The van der Waals surface area contributed by atoms with Crippen molar-refractivity contribution in [1.82, 2.24) is 50.0 Å². The second-order valence-electron chi connectivity index (χ2n) is 33.1. The van der Waals surface area contributed by atoms with Crippen molar-refractivity contribution in [3.63, 3.8) is 0 Å². The topological polar surface area (TPSA) is 183 Å². The van der Waals surface area contributed by atoms with Gasteiger partial charge in [0.15, 0.2) is 5.78 Å². The SMILES string of the molecule is C=C(Cn1cncn1)[C@H]1CC[C@H]2[C@@H]3CC[C@H]4C[C@](C)(O)CC[C@@H]4[C@H]3CC[C@]12C.C=C(Cn1cnnn1)[C@H]1CC[C@H]2[C@@H]3CC[C@H]4C[C@](C)(O)CC[C@@H]4[C@H]3CC[C@]12C.C[C@@]1(O)CC[C@@H]2[C@H]3CC[C@]4(C)[C@@H](C(=O)Cn5nccn5)CC[C@H]4[C@@H]3C[C@@H](F)[C@@H]2C1. The molecule has 3 heterocycles. The maximum atomic E-state index is 15.3. The Bertz CT molecular complexity index is 2700. The molecule has 12 fully saturated rings. The molecule has 0 radical (unpaired) electrons. The number of halogens is 1. The molecule has 12 aliphatic rings. The van der Waals surface area contributed by atoms with Gasteiger partial charge in [0, 0.05) is 5.92 Å². The summed E-state index contributed by atoms with van der Waals surface area (Å²) in [6.45, 7) is 24.3. The van der Waals surface area contributed by atoms with Crippen molar-refractivity contribution < 1.29 is 24.5 Å². The van der Waals surface area contributed by atoms with E-state index in [0.717, 1.165) is 136 Å². The molecule has 3 aromatic rings. The lowest BCUT2D eigenvalue weighted by molar-refractivity contribution is -0.139. The van der Waals surface area contributed by atoms with Gasteiger partial charge < -0.3 is 15.3 Å². The molecule has 0 saturated heterocycles. The normalized spacial score (nSPS) is 48.3. The number of hydrogen-bond acceptors (Lipinski definition) is 11. The maximum Gasteiger partial charge on any atom is 0.159 e. The summed E-state index contributed by atoms with van der Waals surface area (Å²) in [5, 5.41) is 55.8. The molecule has 3 aromatic heterocycles. The summed E-state index contributed by atoms with van der Waals surface area (Å²) in [5.74, 6) is 12.0. The van der Waals surface area contributed by atoms with Crippen molar-refractivity contribution >= 4 is 5.78 Å². The van der Waals surface area contributed by atoms with Crippen LogP contribution in [0, 0.1) is 123 Å². The molecule has 0 spiro atoms. The average Bonchev–Trinajstić information content (AvgIpc) is 1.83. The van der Waals surface area contributed by atoms with E-state index in [-0.39, 0.29) is 29.6 Å². The second-order valence-corrected chi connectivity index (χ2v) is 33.1. The van der Waals surface area contributed by atoms with Gasteiger partial charge in [0.2, 0.25) is 0 Å². The Balaban J connectivity index is 0.000000119. The Labute approximate surface area is 507 Å². The molecule has 0 amide bonds. The van der Waals surface area contributed by atoms with Gasteiger partial charge >= 0.3 is 0 Å². The fraction of sp³-hybridized carbons (Fsp3) is 0.857. The quantitative estimate of drug-likeness (QED) is 0.173. The van der Waals surface area contributed by atoms with E-state index < -0.39 is 23.0 Å². The number of carbonyl (C=O) groups is 1. The molecule has 0 aromatic carbocycles. The summed E-state index contributed by atoms with van der Waals surface area (Å²) in [5.41, 5.74) is 1.96. The zero-order chi connectivity index (χ0) is 59.4. The summed E-state index contributed by atoms with van der Waals surface area (Å²) in [6, 6.07) is 0. The van der Waals surface area contributed by atoms with Crippen LogP contribution in [-0.2, 0) is 24.4 Å². The summed E-state index contributed by atoms with van der Waals surface area (Å²) < 4.78 is 19.1. The number of allylic oxidation sites excluding steroid dienone is 2. The second kappa shape index (κ2) is 23.0. The molecule has 0 bridgehead atoms. The molecule has 0 unspecified atom stereocenters. The number of hydrogen-bond donors (Lipinski definition) is 3. The van der Waals surface area contributed by atoms with E-state index in [1.165, 1.54) is 106 Å². The molecule has 15 heteroatoms. The molecule has 0 aliphatic heterocycles. The van der Waals surface area contributed by atoms with Gasteiger partial charge in [-0.15, -0.1) is 5.10 Å². The van der Waals surface area contributed by atoms with Gasteiger partial charge in [-0.2, -0.15) is 20.1 Å². The Morgan fingerprint density at radius 3 is 1.47 bits per heavy atom. The number of rotatable bonds is 9. The number of fused-ring (bicyclic) bond motifs is 15. The van der Waals surface area contributed by atoms with Crippen LogP contribution in [-0.4, -0.2) is 94.0 Å². The lowest BCUT2D eigenvalue weighted by Crippen LogP contribution is -2.54. The van der Waals surface area contributed by atoms with E-state index in [9.17, 15) is 20.1 Å². The van der Waals surface area contributed by atoms with Gasteiger partial charge in [0.25, 0.3) is 0 Å². The molecule has 468 valence electrons. The van der Waals surface area contributed by atoms with Crippen LogP contribution in [0.2, 0.25) is 0 Å². The number of aliphatic hydroxyl groups is 3. The van der Waals surface area contributed by atoms with Gasteiger partial charge in [-0.1, -0.05) is 45.1 Å². The van der Waals surface area contributed by atoms with Gasteiger partial charge in [0.1, 0.15) is 31.7 Å². The van der Waals surface area contributed by atoms with E-state index in [1.807, 2.05) is 22.6 Å². The van der Waals surface area contributed by atoms with E-state index in [2.05, 4.69) is 83.6 Å². The summed E-state index contributed by atoms with van der Waals surface area (Å²) in [4.78, 5) is 18.7. The number of Topliss-reactive ketones (excluding diaryl/α,β-unsaturated/α-hetero) is 1. The highest BCUT2D eigenvalue weighted by Gasteiger charge is 2.62. The monoisotopic (exact) mass is 1170 g/mol. The van der Waals surface area contributed by atoms with Crippen LogP contribution >= 0.6 is 0 Å². The van der Waals surface area contributed by atoms with Crippen LogP contribution in [0.5, 0.6) is 0 Å². The summed E-state index contributed by atoms with van der Waals surface area (Å²) >= 11 is 0. The smallest absolute Gasteiger partial charge is 0.159 e. The van der Waals surface area contributed by atoms with E-state index in [1.54, 1.807) is 25.0 Å². The molecular weight excluding hydrogens is 1060 g/mol. The Hall–Kier alpha value is -3.69. The fourth-order valence-corrected chi connectivity index (χ4v) is 24.8. The lowest BCUT2D eigenvalue weighted by Gasteiger charge is -2.57. The van der Waals surface area contributed by atoms with Gasteiger partial charge in [-0.05, 0) is 315 Å². The third kappa shape index (κ3) is 11.2. The predicted octanol–water partition coefficient (Wildman–Crippen LogP) is 12.9. The lowest BCUT2D eigenvalue weighted by atomic mass is 9.48. The molecule has 12 aliphatic carbocycles. The third-order valence-electron chi connectivity index (χ3n) is 28.4. The highest BCUT2D eigenvalue weighted by molar-refractivity contribution is 5.82. The number of aromatic nitrogens is 10. The van der Waals surface area contributed by atoms with Crippen LogP contribution in [0.15, 0.2) is 55.7 Å². The molecule has 14 nitrogen and oxygen atoms in total. The minimum Gasteiger partial charge on any atom is -0.390 e. The molecule has 3 N–H and O–H groups in total. The van der Waals surface area contributed by atoms with Crippen molar-refractivity contribution in [2.45, 2.75) is 251 Å². The first-order chi connectivity index (χ1) is 40.5. The van der Waals surface area contributed by atoms with Gasteiger partial charge in [-0.3, -0.25) is 4.79 Å². The first kappa shape index (κ1) is 60.2. The third-order valence-corrected chi connectivity index (χ3v) is 28.4. The summed E-state index contributed by atoms with van der Waals surface area (Å²) in [6.07, 6.45) is 37.6. The predicted molar refractivity (Wildman–Crippen MR) is 325 cm³/mol. The molecule has 15 rings (SSSR count). The highest BCUT2D eigenvalue weighted by Crippen LogP contribution is 2.69.